The average Bonchev–Trinajstić information content (AvgIpc) is 2.69. The lowest BCUT2D eigenvalue weighted by atomic mass is 10.2. The van der Waals surface area contributed by atoms with E-state index in [1.165, 1.54) is 18.0 Å². The highest BCUT2D eigenvalue weighted by molar-refractivity contribution is 7.92. The van der Waals surface area contributed by atoms with E-state index in [4.69, 9.17) is 0 Å². The fourth-order valence-corrected chi connectivity index (χ4v) is 3.23. The lowest BCUT2D eigenvalue weighted by Crippen LogP contribution is -2.36. The molecule has 0 saturated carbocycles. The quantitative estimate of drug-likeness (QED) is 0.657. The van der Waals surface area contributed by atoms with E-state index in [1.54, 1.807) is 24.3 Å². The molecule has 0 aromatic heterocycles. The first kappa shape index (κ1) is 22.3. The second-order valence-corrected chi connectivity index (χ2v) is 8.22. The van der Waals surface area contributed by atoms with Gasteiger partial charge < -0.3 is 10.2 Å². The number of nitrogens with zero attached hydrogens (tertiary/aromatic N) is 1. The zero-order valence-corrected chi connectivity index (χ0v) is 17.3. The summed E-state index contributed by atoms with van der Waals surface area (Å²) in [5.74, 6) is -0.658. The molecule has 0 fully saturated rings. The standard InChI is InChI=1S/C21H25N3O4S/c1-17-8-10-19(11-9-17)23-20(25)16-24(2)21(26)12-14-22-29(27,28)15-13-18-6-4-3-5-7-18/h3-11,13,15,22H,12,14,16H2,1-2H3,(H,23,25)/b15-13+. The van der Waals surface area contributed by atoms with E-state index in [9.17, 15) is 18.0 Å². The van der Waals surface area contributed by atoms with Gasteiger partial charge in [0.1, 0.15) is 0 Å². The van der Waals surface area contributed by atoms with Crippen LogP contribution in [0, 0.1) is 6.92 Å². The Bertz CT molecular complexity index is 955. The third-order valence-corrected chi connectivity index (χ3v) is 5.12. The molecule has 0 bridgehead atoms. The SMILES string of the molecule is Cc1ccc(NC(=O)CN(C)C(=O)CCNS(=O)(=O)/C=C/c2ccccc2)cc1. The summed E-state index contributed by atoms with van der Waals surface area (Å²) in [6.07, 6.45) is 1.43. The summed E-state index contributed by atoms with van der Waals surface area (Å²) in [4.78, 5) is 25.4. The van der Waals surface area contributed by atoms with E-state index in [0.29, 0.717) is 5.69 Å². The number of carbonyl (C=O) groups is 2. The minimum atomic E-state index is -3.65. The highest BCUT2D eigenvalue weighted by atomic mass is 32.2. The van der Waals surface area contributed by atoms with Gasteiger partial charge in [-0.1, -0.05) is 48.0 Å². The van der Waals surface area contributed by atoms with Crippen molar-refractivity contribution in [3.05, 3.63) is 71.1 Å². The maximum atomic E-state index is 12.1. The molecule has 2 aromatic carbocycles. The van der Waals surface area contributed by atoms with Gasteiger partial charge >= 0.3 is 0 Å². The van der Waals surface area contributed by atoms with Gasteiger partial charge in [-0.25, -0.2) is 13.1 Å². The molecule has 29 heavy (non-hydrogen) atoms. The van der Waals surface area contributed by atoms with Gasteiger partial charge in [-0.3, -0.25) is 9.59 Å². The summed E-state index contributed by atoms with van der Waals surface area (Å²) in [5, 5.41) is 3.78. The second-order valence-electron chi connectivity index (χ2n) is 6.57. The minimum absolute atomic E-state index is 0.0489. The van der Waals surface area contributed by atoms with Crippen LogP contribution in [0.4, 0.5) is 5.69 Å². The van der Waals surface area contributed by atoms with Crippen LogP contribution in [-0.2, 0) is 19.6 Å². The van der Waals surface area contributed by atoms with Crippen molar-refractivity contribution in [3.8, 4) is 0 Å². The largest absolute Gasteiger partial charge is 0.336 e. The zero-order valence-electron chi connectivity index (χ0n) is 16.5. The highest BCUT2D eigenvalue weighted by Crippen LogP contribution is 2.08. The molecule has 0 atom stereocenters. The molecule has 2 aromatic rings. The summed E-state index contributed by atoms with van der Waals surface area (Å²) in [7, 11) is -2.15. The fourth-order valence-electron chi connectivity index (χ4n) is 2.41. The van der Waals surface area contributed by atoms with E-state index in [0.717, 1.165) is 16.5 Å². The smallest absolute Gasteiger partial charge is 0.243 e. The molecule has 0 aliphatic heterocycles. The van der Waals surface area contributed by atoms with Crippen LogP contribution in [0.2, 0.25) is 0 Å². The number of aryl methyl sites for hydroxylation is 1. The van der Waals surface area contributed by atoms with Crippen LogP contribution < -0.4 is 10.0 Å². The van der Waals surface area contributed by atoms with Crippen molar-refractivity contribution in [2.45, 2.75) is 13.3 Å². The number of rotatable bonds is 9. The molecule has 0 radical (unpaired) electrons. The fraction of sp³-hybridized carbons (Fsp3) is 0.238. The molecule has 0 unspecified atom stereocenters. The number of likely N-dealkylation sites (N-methyl/N-ethyl adjacent to an activating group) is 1. The molecule has 0 aliphatic rings. The maximum absolute atomic E-state index is 12.1. The lowest BCUT2D eigenvalue weighted by Gasteiger charge is -2.17. The minimum Gasteiger partial charge on any atom is -0.336 e. The van der Waals surface area contributed by atoms with E-state index >= 15 is 0 Å². The van der Waals surface area contributed by atoms with Crippen molar-refractivity contribution in [1.29, 1.82) is 0 Å². The Balaban J connectivity index is 1.75. The molecule has 0 spiro atoms. The van der Waals surface area contributed by atoms with Crippen molar-refractivity contribution in [2.75, 3.05) is 25.5 Å². The van der Waals surface area contributed by atoms with Gasteiger partial charge in [0.15, 0.2) is 0 Å². The van der Waals surface area contributed by atoms with Gasteiger partial charge in [0, 0.05) is 31.1 Å². The number of hydrogen-bond acceptors (Lipinski definition) is 4. The Hall–Kier alpha value is -2.97. The van der Waals surface area contributed by atoms with E-state index < -0.39 is 10.0 Å². The molecule has 0 saturated heterocycles. The third-order valence-electron chi connectivity index (χ3n) is 4.02. The summed E-state index contributed by atoms with van der Waals surface area (Å²) in [5.41, 5.74) is 2.49. The maximum Gasteiger partial charge on any atom is 0.243 e. The molecular weight excluding hydrogens is 390 g/mol. The lowest BCUT2D eigenvalue weighted by molar-refractivity contribution is -0.133. The van der Waals surface area contributed by atoms with Crippen molar-refractivity contribution in [2.24, 2.45) is 0 Å². The number of amides is 2. The average molecular weight is 416 g/mol. The second kappa shape index (κ2) is 10.5. The number of benzene rings is 2. The van der Waals surface area contributed by atoms with Crippen molar-refractivity contribution in [3.63, 3.8) is 0 Å². The Kier molecular flexibility index (Phi) is 8.11. The van der Waals surface area contributed by atoms with Gasteiger partial charge in [-0.15, -0.1) is 0 Å². The van der Waals surface area contributed by atoms with Gasteiger partial charge in [0.2, 0.25) is 21.8 Å². The van der Waals surface area contributed by atoms with Crippen LogP contribution in [0.5, 0.6) is 0 Å². The first-order valence-electron chi connectivity index (χ1n) is 9.08. The number of hydrogen-bond donors (Lipinski definition) is 2. The molecule has 154 valence electrons. The van der Waals surface area contributed by atoms with Crippen LogP contribution in [0.1, 0.15) is 17.5 Å². The van der Waals surface area contributed by atoms with Crippen LogP contribution in [0.15, 0.2) is 60.0 Å². The number of nitrogens with one attached hydrogen (secondary N) is 2. The Labute approximate surface area is 171 Å². The van der Waals surface area contributed by atoms with Crippen molar-refractivity contribution >= 4 is 33.6 Å². The third kappa shape index (κ3) is 8.28. The Morgan fingerprint density at radius 2 is 1.69 bits per heavy atom. The monoisotopic (exact) mass is 415 g/mol. The highest BCUT2D eigenvalue weighted by Gasteiger charge is 2.14. The molecule has 7 nitrogen and oxygen atoms in total. The predicted octanol–water partition coefficient (Wildman–Crippen LogP) is 2.37. The van der Waals surface area contributed by atoms with E-state index in [2.05, 4.69) is 10.0 Å². The van der Waals surface area contributed by atoms with Gasteiger partial charge in [-0.05, 0) is 30.7 Å². The number of sulfonamides is 1. The molecular formula is C21H25N3O4S. The number of anilines is 1. The summed E-state index contributed by atoms with van der Waals surface area (Å²) in [6, 6.07) is 16.4. The molecule has 2 amide bonds. The number of carbonyl (C=O) groups excluding carboxylic acids is 2. The van der Waals surface area contributed by atoms with Gasteiger partial charge in [-0.2, -0.15) is 0 Å². The van der Waals surface area contributed by atoms with Crippen LogP contribution >= 0.6 is 0 Å². The summed E-state index contributed by atoms with van der Waals surface area (Å²) in [6.45, 7) is 1.78. The summed E-state index contributed by atoms with van der Waals surface area (Å²) < 4.78 is 26.3. The predicted molar refractivity (Wildman–Crippen MR) is 114 cm³/mol. The molecule has 0 aliphatic carbocycles. The normalized spacial score (nSPS) is 11.4. The summed E-state index contributed by atoms with van der Waals surface area (Å²) >= 11 is 0. The van der Waals surface area contributed by atoms with Gasteiger partial charge in [0.05, 0.1) is 6.54 Å². The van der Waals surface area contributed by atoms with E-state index in [-0.39, 0.29) is 31.3 Å². The van der Waals surface area contributed by atoms with Crippen LogP contribution in [0.3, 0.4) is 0 Å². The first-order valence-corrected chi connectivity index (χ1v) is 10.6. The van der Waals surface area contributed by atoms with Crippen LogP contribution in [-0.4, -0.2) is 45.3 Å². The van der Waals surface area contributed by atoms with Crippen molar-refractivity contribution < 1.29 is 18.0 Å². The molecule has 8 heteroatoms. The van der Waals surface area contributed by atoms with E-state index in [1.807, 2.05) is 37.3 Å². The Morgan fingerprint density at radius 3 is 2.34 bits per heavy atom. The van der Waals surface area contributed by atoms with Crippen molar-refractivity contribution in [1.82, 2.24) is 9.62 Å². The molecule has 2 N–H and O–H groups in total. The molecule has 0 heterocycles. The molecule has 2 rings (SSSR count). The Morgan fingerprint density at radius 1 is 1.03 bits per heavy atom. The first-order chi connectivity index (χ1) is 13.7. The zero-order chi connectivity index (χ0) is 21.3. The topological polar surface area (TPSA) is 95.6 Å². The van der Waals surface area contributed by atoms with Crippen LogP contribution in [0.25, 0.3) is 6.08 Å². The van der Waals surface area contributed by atoms with Gasteiger partial charge in [0.25, 0.3) is 0 Å².